The van der Waals surface area contributed by atoms with E-state index in [2.05, 4.69) is 18.0 Å². The Kier molecular flexibility index (Phi) is 5.39. The number of rotatable bonds is 7. The summed E-state index contributed by atoms with van der Waals surface area (Å²) >= 11 is 0. The highest BCUT2D eigenvalue weighted by molar-refractivity contribution is 5.82. The Morgan fingerprint density at radius 2 is 2.00 bits per heavy atom. The second-order valence-electron chi connectivity index (χ2n) is 5.72. The van der Waals surface area contributed by atoms with Gasteiger partial charge in [0.2, 0.25) is 0 Å². The number of nitrogens with two attached hydrogens (primary N) is 1. The van der Waals surface area contributed by atoms with Crippen LogP contribution >= 0.6 is 0 Å². The van der Waals surface area contributed by atoms with Crippen LogP contribution in [-0.4, -0.2) is 37.7 Å². The number of para-hydroxylation sites is 1. The Balaban J connectivity index is 2.21. The first-order valence-electron chi connectivity index (χ1n) is 7.54. The van der Waals surface area contributed by atoms with Gasteiger partial charge in [-0.2, -0.15) is 0 Å². The van der Waals surface area contributed by atoms with Crippen molar-refractivity contribution in [3.8, 4) is 0 Å². The molecule has 2 rings (SSSR count). The minimum Gasteiger partial charge on any atom is -0.461 e. The molecule has 0 aliphatic carbocycles. The molecule has 4 heteroatoms. The van der Waals surface area contributed by atoms with Crippen LogP contribution in [0.5, 0.6) is 0 Å². The van der Waals surface area contributed by atoms with Crippen molar-refractivity contribution in [2.75, 3.05) is 26.7 Å². The highest BCUT2D eigenvalue weighted by Gasteiger charge is 2.22. The summed E-state index contributed by atoms with van der Waals surface area (Å²) < 4.78 is 11.5. The molecule has 1 heterocycles. The van der Waals surface area contributed by atoms with Gasteiger partial charge in [-0.05, 0) is 33.9 Å². The predicted molar refractivity (Wildman–Crippen MR) is 86.5 cm³/mol. The predicted octanol–water partition coefficient (Wildman–Crippen LogP) is 3.10. The van der Waals surface area contributed by atoms with Gasteiger partial charge in [0, 0.05) is 24.0 Å². The fraction of sp³-hybridized carbons (Fsp3) is 0.529. The number of benzene rings is 1. The quantitative estimate of drug-likeness (QED) is 0.851. The Labute approximate surface area is 126 Å². The summed E-state index contributed by atoms with van der Waals surface area (Å²) in [7, 11) is 2.09. The van der Waals surface area contributed by atoms with Gasteiger partial charge in [-0.15, -0.1) is 0 Å². The Hall–Kier alpha value is -1.36. The maximum absolute atomic E-state index is 6.03. The molecule has 0 spiro atoms. The van der Waals surface area contributed by atoms with Crippen LogP contribution < -0.4 is 5.73 Å². The molecule has 0 radical (unpaired) electrons. The van der Waals surface area contributed by atoms with Crippen LogP contribution in [-0.2, 0) is 4.74 Å². The van der Waals surface area contributed by atoms with E-state index in [0.717, 1.165) is 23.3 Å². The van der Waals surface area contributed by atoms with Gasteiger partial charge in [-0.3, -0.25) is 4.90 Å². The highest BCUT2D eigenvalue weighted by Crippen LogP contribution is 2.32. The van der Waals surface area contributed by atoms with Crippen molar-refractivity contribution < 1.29 is 9.15 Å². The fourth-order valence-corrected chi connectivity index (χ4v) is 2.71. The summed E-state index contributed by atoms with van der Waals surface area (Å²) in [5.74, 6) is 0.947. The average molecular weight is 290 g/mol. The van der Waals surface area contributed by atoms with Gasteiger partial charge in [0.15, 0.2) is 0 Å². The van der Waals surface area contributed by atoms with Crippen LogP contribution in [0.3, 0.4) is 0 Å². The van der Waals surface area contributed by atoms with Crippen LogP contribution in [0.4, 0.5) is 0 Å². The van der Waals surface area contributed by atoms with Gasteiger partial charge in [-0.25, -0.2) is 0 Å². The summed E-state index contributed by atoms with van der Waals surface area (Å²) in [6.07, 6.45) is 0.256. The van der Waals surface area contributed by atoms with Crippen LogP contribution in [0.15, 0.2) is 28.7 Å². The van der Waals surface area contributed by atoms with E-state index in [1.165, 1.54) is 5.56 Å². The molecule has 1 atom stereocenters. The molecule has 0 amide bonds. The molecule has 0 bridgehead atoms. The molecular formula is C17H26N2O2. The Bertz CT molecular complexity index is 577. The molecule has 4 nitrogen and oxygen atoms in total. The first-order chi connectivity index (χ1) is 10.0. The van der Waals surface area contributed by atoms with E-state index in [1.54, 1.807) is 0 Å². The summed E-state index contributed by atoms with van der Waals surface area (Å²) in [5, 5.41) is 1.15. The lowest BCUT2D eigenvalue weighted by Gasteiger charge is -2.27. The van der Waals surface area contributed by atoms with E-state index in [1.807, 2.05) is 39.0 Å². The van der Waals surface area contributed by atoms with Crippen molar-refractivity contribution in [2.45, 2.75) is 32.9 Å². The summed E-state index contributed by atoms with van der Waals surface area (Å²) in [4.78, 5) is 2.24. The number of hydrogen-bond donors (Lipinski definition) is 1. The molecule has 0 aliphatic rings. The molecule has 2 aromatic rings. The van der Waals surface area contributed by atoms with Crippen molar-refractivity contribution in [2.24, 2.45) is 5.73 Å². The lowest BCUT2D eigenvalue weighted by molar-refractivity contribution is 0.0564. The monoisotopic (exact) mass is 290 g/mol. The van der Waals surface area contributed by atoms with Gasteiger partial charge < -0.3 is 14.9 Å². The van der Waals surface area contributed by atoms with E-state index in [4.69, 9.17) is 14.9 Å². The van der Waals surface area contributed by atoms with E-state index < -0.39 is 0 Å². The lowest BCUT2D eigenvalue weighted by Crippen LogP contribution is -2.33. The zero-order valence-electron chi connectivity index (χ0n) is 13.4. The van der Waals surface area contributed by atoms with E-state index >= 15 is 0 Å². The van der Waals surface area contributed by atoms with Crippen molar-refractivity contribution in [3.05, 3.63) is 35.6 Å². The second-order valence-corrected chi connectivity index (χ2v) is 5.72. The third kappa shape index (κ3) is 3.64. The zero-order valence-corrected chi connectivity index (χ0v) is 13.4. The molecule has 0 saturated carbocycles. The summed E-state index contributed by atoms with van der Waals surface area (Å²) in [6, 6.07) is 8.27. The Morgan fingerprint density at radius 1 is 1.29 bits per heavy atom. The second kappa shape index (κ2) is 7.07. The number of aryl methyl sites for hydroxylation is 1. The van der Waals surface area contributed by atoms with E-state index in [-0.39, 0.29) is 12.1 Å². The van der Waals surface area contributed by atoms with Crippen LogP contribution in [0.25, 0.3) is 11.0 Å². The van der Waals surface area contributed by atoms with Crippen molar-refractivity contribution in [3.63, 3.8) is 0 Å². The first kappa shape index (κ1) is 16.0. The maximum Gasteiger partial charge on any atom is 0.134 e. The number of ether oxygens (including phenoxy) is 1. The molecule has 1 unspecified atom stereocenters. The summed E-state index contributed by atoms with van der Waals surface area (Å²) in [5.41, 5.74) is 8.15. The lowest BCUT2D eigenvalue weighted by atomic mass is 10.0. The smallest absolute Gasteiger partial charge is 0.134 e. The molecule has 21 heavy (non-hydrogen) atoms. The van der Waals surface area contributed by atoms with Crippen LogP contribution in [0.2, 0.25) is 0 Å². The molecular weight excluding hydrogens is 264 g/mol. The van der Waals surface area contributed by atoms with Crippen LogP contribution in [0.1, 0.15) is 31.2 Å². The largest absolute Gasteiger partial charge is 0.461 e. The average Bonchev–Trinajstić information content (AvgIpc) is 2.76. The zero-order chi connectivity index (χ0) is 15.4. The minimum absolute atomic E-state index is 0.143. The number of hydrogen-bond acceptors (Lipinski definition) is 4. The van der Waals surface area contributed by atoms with Crippen LogP contribution in [0, 0.1) is 6.92 Å². The minimum atomic E-state index is 0.143. The number of nitrogens with zero attached hydrogens (tertiary/aromatic N) is 1. The fourth-order valence-electron chi connectivity index (χ4n) is 2.71. The van der Waals surface area contributed by atoms with Crippen molar-refractivity contribution in [1.82, 2.24) is 4.90 Å². The summed E-state index contributed by atoms with van der Waals surface area (Å²) in [6.45, 7) is 8.22. The molecule has 2 N–H and O–H groups in total. The SMILES string of the molecule is Cc1oc2ccccc2c1C(CN)N(C)CCOC(C)C. The standard InChI is InChI=1S/C17H26N2O2/c1-12(2)20-10-9-19(4)15(11-18)17-13(3)21-16-8-6-5-7-14(16)17/h5-8,12,15H,9-11,18H2,1-4H3. The van der Waals surface area contributed by atoms with Gasteiger partial charge in [0.1, 0.15) is 11.3 Å². The Morgan fingerprint density at radius 3 is 2.67 bits per heavy atom. The normalized spacial score (nSPS) is 13.5. The number of furan rings is 1. The molecule has 1 aromatic heterocycles. The molecule has 116 valence electrons. The maximum atomic E-state index is 6.03. The third-order valence-electron chi connectivity index (χ3n) is 3.80. The number of fused-ring (bicyclic) bond motifs is 1. The molecule has 0 fully saturated rings. The number of likely N-dealkylation sites (N-methyl/N-ethyl adjacent to an activating group) is 1. The van der Waals surface area contributed by atoms with Gasteiger partial charge >= 0.3 is 0 Å². The highest BCUT2D eigenvalue weighted by atomic mass is 16.5. The topological polar surface area (TPSA) is 51.6 Å². The molecule has 0 aliphatic heterocycles. The van der Waals surface area contributed by atoms with Gasteiger partial charge in [0.25, 0.3) is 0 Å². The molecule has 1 aromatic carbocycles. The van der Waals surface area contributed by atoms with Gasteiger partial charge in [-0.1, -0.05) is 18.2 Å². The van der Waals surface area contributed by atoms with Gasteiger partial charge in [0.05, 0.1) is 18.8 Å². The van der Waals surface area contributed by atoms with E-state index in [0.29, 0.717) is 13.2 Å². The molecule has 0 saturated heterocycles. The van der Waals surface area contributed by atoms with Crippen molar-refractivity contribution in [1.29, 1.82) is 0 Å². The third-order valence-corrected chi connectivity index (χ3v) is 3.80. The van der Waals surface area contributed by atoms with E-state index in [9.17, 15) is 0 Å². The first-order valence-corrected chi connectivity index (χ1v) is 7.54. The van der Waals surface area contributed by atoms with Crippen molar-refractivity contribution >= 4 is 11.0 Å².